The maximum atomic E-state index is 13.0. The fraction of sp³-hybridized carbons (Fsp3) is 0.579. The zero-order chi connectivity index (χ0) is 17.0. The van der Waals surface area contributed by atoms with E-state index in [-0.39, 0.29) is 5.91 Å². The van der Waals surface area contributed by atoms with E-state index in [2.05, 4.69) is 26.0 Å². The minimum absolute atomic E-state index is 0.0250. The fourth-order valence-corrected chi connectivity index (χ4v) is 3.71. The smallest absolute Gasteiger partial charge is 0.307 e. The largest absolute Gasteiger partial charge is 0.481 e. The van der Waals surface area contributed by atoms with Gasteiger partial charge in [-0.2, -0.15) is 0 Å². The van der Waals surface area contributed by atoms with Crippen LogP contribution in [0.15, 0.2) is 30.3 Å². The van der Waals surface area contributed by atoms with Gasteiger partial charge in [0.2, 0.25) is 5.91 Å². The number of amides is 1. The van der Waals surface area contributed by atoms with Crippen LogP contribution in [0.4, 0.5) is 0 Å². The number of rotatable bonds is 7. The lowest BCUT2D eigenvalue weighted by atomic mass is 9.69. The summed E-state index contributed by atoms with van der Waals surface area (Å²) in [4.78, 5) is 26.4. The predicted octanol–water partition coefficient (Wildman–Crippen LogP) is 3.21. The van der Waals surface area contributed by atoms with Crippen molar-refractivity contribution < 1.29 is 14.7 Å². The molecule has 2 unspecified atom stereocenters. The zero-order valence-corrected chi connectivity index (χ0v) is 14.3. The monoisotopic (exact) mass is 317 g/mol. The Morgan fingerprint density at radius 1 is 1.26 bits per heavy atom. The number of aliphatic carboxylic acids is 1. The van der Waals surface area contributed by atoms with Crippen LogP contribution in [-0.2, 0) is 16.0 Å². The number of nitrogens with zero attached hydrogens (tertiary/aromatic N) is 1. The van der Waals surface area contributed by atoms with Crippen LogP contribution in [0.2, 0.25) is 0 Å². The molecule has 126 valence electrons. The summed E-state index contributed by atoms with van der Waals surface area (Å²) >= 11 is 0. The van der Waals surface area contributed by atoms with E-state index >= 15 is 0 Å². The summed E-state index contributed by atoms with van der Waals surface area (Å²) in [5.74, 6) is -1.19. The third-order valence-corrected chi connectivity index (χ3v) is 5.03. The minimum Gasteiger partial charge on any atom is -0.481 e. The number of carbonyl (C=O) groups excluding carboxylic acids is 1. The summed E-state index contributed by atoms with van der Waals surface area (Å²) in [5, 5.41) is 9.46. The summed E-state index contributed by atoms with van der Waals surface area (Å²) in [7, 11) is 0. The molecular formula is C19H27NO3. The molecule has 1 aromatic rings. The Balaban J connectivity index is 2.11. The van der Waals surface area contributed by atoms with Gasteiger partial charge in [0.05, 0.1) is 11.3 Å². The van der Waals surface area contributed by atoms with Gasteiger partial charge in [0.1, 0.15) is 0 Å². The molecule has 0 bridgehead atoms. The second-order valence-corrected chi connectivity index (χ2v) is 7.09. The van der Waals surface area contributed by atoms with Gasteiger partial charge in [-0.1, -0.05) is 51.1 Å². The molecular weight excluding hydrogens is 290 g/mol. The topological polar surface area (TPSA) is 57.6 Å². The van der Waals surface area contributed by atoms with E-state index in [4.69, 9.17) is 0 Å². The van der Waals surface area contributed by atoms with Crippen LogP contribution >= 0.6 is 0 Å². The van der Waals surface area contributed by atoms with Gasteiger partial charge in [-0.3, -0.25) is 9.59 Å². The quantitative estimate of drug-likeness (QED) is 0.840. The van der Waals surface area contributed by atoms with E-state index < -0.39 is 17.3 Å². The maximum absolute atomic E-state index is 13.0. The van der Waals surface area contributed by atoms with Crippen molar-refractivity contribution in [1.82, 2.24) is 4.90 Å². The first-order chi connectivity index (χ1) is 10.9. The van der Waals surface area contributed by atoms with Gasteiger partial charge in [-0.05, 0) is 30.7 Å². The molecule has 1 aromatic carbocycles. The Kier molecular flexibility index (Phi) is 5.45. The molecule has 0 radical (unpaired) electrons. The number of hydrogen-bond donors (Lipinski definition) is 1. The Labute approximate surface area is 138 Å². The normalized spacial score (nSPS) is 22.6. The fourth-order valence-electron chi connectivity index (χ4n) is 3.71. The predicted molar refractivity (Wildman–Crippen MR) is 90.0 cm³/mol. The van der Waals surface area contributed by atoms with Crippen LogP contribution in [0.3, 0.4) is 0 Å². The number of hydrogen-bond acceptors (Lipinski definition) is 2. The highest BCUT2D eigenvalue weighted by Gasteiger charge is 2.52. The third-order valence-electron chi connectivity index (χ3n) is 5.03. The molecule has 0 saturated carbocycles. The molecule has 1 aliphatic heterocycles. The zero-order valence-electron chi connectivity index (χ0n) is 14.3. The molecule has 1 saturated heterocycles. The van der Waals surface area contributed by atoms with Crippen molar-refractivity contribution >= 4 is 11.9 Å². The summed E-state index contributed by atoms with van der Waals surface area (Å²) in [6.07, 6.45) is 2.10. The van der Waals surface area contributed by atoms with Crippen LogP contribution in [0.5, 0.6) is 0 Å². The average Bonchev–Trinajstić information content (AvgIpc) is 2.82. The maximum Gasteiger partial charge on any atom is 0.307 e. The van der Waals surface area contributed by atoms with Gasteiger partial charge in [0.25, 0.3) is 0 Å². The molecule has 1 N–H and O–H groups in total. The molecule has 1 amide bonds. The molecule has 0 aromatic heterocycles. The van der Waals surface area contributed by atoms with Crippen molar-refractivity contribution in [3.8, 4) is 0 Å². The Morgan fingerprint density at radius 3 is 2.48 bits per heavy atom. The first-order valence-corrected chi connectivity index (χ1v) is 8.43. The van der Waals surface area contributed by atoms with E-state index in [0.29, 0.717) is 31.8 Å². The molecule has 1 fully saturated rings. The van der Waals surface area contributed by atoms with E-state index in [1.165, 1.54) is 5.56 Å². The molecule has 1 aliphatic rings. The highest BCUT2D eigenvalue weighted by Crippen LogP contribution is 2.44. The summed E-state index contributed by atoms with van der Waals surface area (Å²) in [6.45, 7) is 7.11. The Hall–Kier alpha value is -1.84. The number of benzene rings is 1. The molecule has 4 heteroatoms. The highest BCUT2D eigenvalue weighted by atomic mass is 16.4. The molecule has 1 heterocycles. The second kappa shape index (κ2) is 7.16. The van der Waals surface area contributed by atoms with E-state index in [1.807, 2.05) is 23.1 Å². The lowest BCUT2D eigenvalue weighted by Crippen LogP contribution is -2.43. The summed E-state index contributed by atoms with van der Waals surface area (Å²) in [5.41, 5.74) is 0.462. The first-order valence-electron chi connectivity index (χ1n) is 8.43. The van der Waals surface area contributed by atoms with E-state index in [0.717, 1.165) is 6.42 Å². The van der Waals surface area contributed by atoms with Crippen LogP contribution in [0, 0.1) is 17.3 Å². The van der Waals surface area contributed by atoms with Gasteiger partial charge in [-0.15, -0.1) is 0 Å². The number of carboxylic acid groups (broad SMARTS) is 1. The Morgan fingerprint density at radius 2 is 1.91 bits per heavy atom. The standard InChI is InChI=1S/C19H27NO3/c1-14(2)13-19(15(3)17(21)22)10-12-20(18(19)23)11-9-16-7-5-4-6-8-16/h4-8,14-15H,9-13H2,1-3H3,(H,21,22). The lowest BCUT2D eigenvalue weighted by Gasteiger charge is -2.33. The van der Waals surface area contributed by atoms with Crippen molar-refractivity contribution in [2.24, 2.45) is 17.3 Å². The number of carboxylic acids is 1. The minimum atomic E-state index is -0.871. The third kappa shape index (κ3) is 3.74. The van der Waals surface area contributed by atoms with Crippen LogP contribution in [-0.4, -0.2) is 35.0 Å². The lowest BCUT2D eigenvalue weighted by molar-refractivity contribution is -0.154. The highest BCUT2D eigenvalue weighted by molar-refractivity contribution is 5.90. The second-order valence-electron chi connectivity index (χ2n) is 7.09. The summed E-state index contributed by atoms with van der Waals surface area (Å²) < 4.78 is 0. The van der Waals surface area contributed by atoms with Crippen LogP contribution < -0.4 is 0 Å². The molecule has 2 atom stereocenters. The van der Waals surface area contributed by atoms with Gasteiger partial charge >= 0.3 is 5.97 Å². The van der Waals surface area contributed by atoms with Crippen molar-refractivity contribution in [2.75, 3.05) is 13.1 Å². The molecule has 2 rings (SSSR count). The number of carbonyl (C=O) groups is 2. The van der Waals surface area contributed by atoms with Crippen LogP contribution in [0.25, 0.3) is 0 Å². The average molecular weight is 317 g/mol. The van der Waals surface area contributed by atoms with Gasteiger partial charge in [0, 0.05) is 13.1 Å². The Bertz CT molecular complexity index is 555. The van der Waals surface area contributed by atoms with Gasteiger partial charge in [-0.25, -0.2) is 0 Å². The molecule has 0 spiro atoms. The molecule has 4 nitrogen and oxygen atoms in total. The summed E-state index contributed by atoms with van der Waals surface area (Å²) in [6, 6.07) is 10.1. The van der Waals surface area contributed by atoms with Crippen LogP contribution in [0.1, 0.15) is 39.2 Å². The SMILES string of the molecule is CC(C)CC1(C(C)C(=O)O)CCN(CCc2ccccc2)C1=O. The van der Waals surface area contributed by atoms with Gasteiger partial charge in [0.15, 0.2) is 0 Å². The van der Waals surface area contributed by atoms with Crippen molar-refractivity contribution in [3.05, 3.63) is 35.9 Å². The van der Waals surface area contributed by atoms with Crippen molar-refractivity contribution in [2.45, 2.75) is 40.0 Å². The van der Waals surface area contributed by atoms with Gasteiger partial charge < -0.3 is 10.0 Å². The van der Waals surface area contributed by atoms with E-state index in [9.17, 15) is 14.7 Å². The first kappa shape index (κ1) is 17.5. The van der Waals surface area contributed by atoms with Crippen molar-refractivity contribution in [1.29, 1.82) is 0 Å². The molecule has 23 heavy (non-hydrogen) atoms. The molecule has 0 aliphatic carbocycles. The van der Waals surface area contributed by atoms with Crippen molar-refractivity contribution in [3.63, 3.8) is 0 Å². The number of likely N-dealkylation sites (tertiary alicyclic amines) is 1. The van der Waals surface area contributed by atoms with E-state index in [1.54, 1.807) is 6.92 Å².